The number of rotatable bonds is 3. The van der Waals surface area contributed by atoms with Gasteiger partial charge >= 0.3 is 0 Å². The molecule has 3 rings (SSSR count). The monoisotopic (exact) mass is 251 g/mol. The van der Waals surface area contributed by atoms with E-state index in [9.17, 15) is 4.79 Å². The average molecular weight is 251 g/mol. The van der Waals surface area contributed by atoms with Gasteiger partial charge in [0.05, 0.1) is 0 Å². The Morgan fingerprint density at radius 1 is 1.17 bits per heavy atom. The lowest BCUT2D eigenvalue weighted by Gasteiger charge is -2.45. The van der Waals surface area contributed by atoms with E-state index in [2.05, 4.69) is 17.3 Å². The zero-order chi connectivity index (χ0) is 12.8. The molecule has 0 radical (unpaired) electrons. The first kappa shape index (κ1) is 12.4. The standard InChI is InChI=1S/C14H25N3O/c1-17-11-6-7-12(17)9-14(8-11,13(15)18)16-10-4-2-3-5-10/h10-12,16H,2-9H2,1H3,(H2,15,18). The second-order valence-corrected chi connectivity index (χ2v) is 6.53. The molecule has 102 valence electrons. The lowest BCUT2D eigenvalue weighted by molar-refractivity contribution is -0.128. The van der Waals surface area contributed by atoms with Gasteiger partial charge in [-0.05, 0) is 45.6 Å². The molecule has 1 saturated carbocycles. The molecule has 3 aliphatic rings. The summed E-state index contributed by atoms with van der Waals surface area (Å²) in [7, 11) is 2.20. The van der Waals surface area contributed by atoms with Crippen molar-refractivity contribution in [2.24, 2.45) is 5.73 Å². The summed E-state index contributed by atoms with van der Waals surface area (Å²) in [5.41, 5.74) is 5.33. The predicted octanol–water partition coefficient (Wildman–Crippen LogP) is 0.999. The van der Waals surface area contributed by atoms with E-state index >= 15 is 0 Å². The SMILES string of the molecule is CN1C2CCC1CC(NC1CCCC1)(C(N)=O)C2. The minimum atomic E-state index is -0.423. The van der Waals surface area contributed by atoms with Gasteiger partial charge in [0, 0.05) is 18.1 Å². The molecule has 0 aromatic carbocycles. The van der Waals surface area contributed by atoms with Crippen molar-refractivity contribution in [1.82, 2.24) is 10.2 Å². The van der Waals surface area contributed by atoms with Crippen molar-refractivity contribution in [3.8, 4) is 0 Å². The lowest BCUT2D eigenvalue weighted by atomic mass is 9.81. The highest BCUT2D eigenvalue weighted by atomic mass is 16.1. The Labute approximate surface area is 109 Å². The van der Waals surface area contributed by atoms with Gasteiger partial charge in [-0.3, -0.25) is 4.79 Å². The summed E-state index contributed by atoms with van der Waals surface area (Å²) in [6, 6.07) is 1.61. The number of piperidine rings is 1. The number of amides is 1. The van der Waals surface area contributed by atoms with Crippen molar-refractivity contribution in [3.63, 3.8) is 0 Å². The van der Waals surface area contributed by atoms with E-state index in [1.807, 2.05) is 0 Å². The molecule has 2 aliphatic heterocycles. The Morgan fingerprint density at radius 2 is 1.72 bits per heavy atom. The van der Waals surface area contributed by atoms with Crippen molar-refractivity contribution in [3.05, 3.63) is 0 Å². The summed E-state index contributed by atoms with van der Waals surface area (Å²) in [4.78, 5) is 14.5. The van der Waals surface area contributed by atoms with Gasteiger partial charge in [-0.2, -0.15) is 0 Å². The highest BCUT2D eigenvalue weighted by Crippen LogP contribution is 2.40. The van der Waals surface area contributed by atoms with Gasteiger partial charge in [0.2, 0.25) is 5.91 Å². The zero-order valence-electron chi connectivity index (χ0n) is 11.3. The molecule has 18 heavy (non-hydrogen) atoms. The Hall–Kier alpha value is -0.610. The summed E-state index contributed by atoms with van der Waals surface area (Å²) < 4.78 is 0. The van der Waals surface area contributed by atoms with Gasteiger partial charge in [-0.15, -0.1) is 0 Å². The fourth-order valence-electron chi connectivity index (χ4n) is 4.32. The number of hydrogen-bond donors (Lipinski definition) is 2. The van der Waals surface area contributed by atoms with Crippen molar-refractivity contribution < 1.29 is 4.79 Å². The topological polar surface area (TPSA) is 58.4 Å². The molecule has 0 aromatic heterocycles. The number of primary amides is 1. The number of carbonyl (C=O) groups excluding carboxylic acids is 1. The summed E-state index contributed by atoms with van der Waals surface area (Å²) in [6.07, 6.45) is 9.27. The third kappa shape index (κ3) is 1.95. The van der Waals surface area contributed by atoms with Gasteiger partial charge in [0.25, 0.3) is 0 Å². The maximum atomic E-state index is 12.0. The Kier molecular flexibility index (Phi) is 3.10. The molecule has 4 heteroatoms. The lowest BCUT2D eigenvalue weighted by Crippen LogP contribution is -2.65. The van der Waals surface area contributed by atoms with Crippen LogP contribution in [-0.2, 0) is 4.79 Å². The number of nitrogens with two attached hydrogens (primary N) is 1. The number of fused-ring (bicyclic) bond motifs is 2. The predicted molar refractivity (Wildman–Crippen MR) is 71.1 cm³/mol. The van der Waals surface area contributed by atoms with Crippen LogP contribution in [0.3, 0.4) is 0 Å². The van der Waals surface area contributed by atoms with E-state index in [0.29, 0.717) is 18.1 Å². The van der Waals surface area contributed by atoms with E-state index < -0.39 is 5.54 Å². The van der Waals surface area contributed by atoms with E-state index in [-0.39, 0.29) is 5.91 Å². The van der Waals surface area contributed by atoms with Gasteiger partial charge in [0.15, 0.2) is 0 Å². The Bertz CT molecular complexity index is 324. The van der Waals surface area contributed by atoms with E-state index in [1.54, 1.807) is 0 Å². The number of nitrogens with one attached hydrogen (secondary N) is 1. The van der Waals surface area contributed by atoms with Gasteiger partial charge in [-0.1, -0.05) is 12.8 Å². The molecule has 2 saturated heterocycles. The van der Waals surface area contributed by atoms with Crippen LogP contribution in [0.2, 0.25) is 0 Å². The largest absolute Gasteiger partial charge is 0.368 e. The van der Waals surface area contributed by atoms with E-state index in [0.717, 1.165) is 12.8 Å². The molecule has 2 bridgehead atoms. The quantitative estimate of drug-likeness (QED) is 0.787. The summed E-state index contributed by atoms with van der Waals surface area (Å²) in [5.74, 6) is -0.126. The average Bonchev–Trinajstić information content (AvgIpc) is 2.87. The highest BCUT2D eigenvalue weighted by Gasteiger charge is 2.50. The molecular formula is C14H25N3O. The fourth-order valence-corrected chi connectivity index (χ4v) is 4.32. The smallest absolute Gasteiger partial charge is 0.237 e. The van der Waals surface area contributed by atoms with Gasteiger partial charge in [-0.25, -0.2) is 0 Å². The van der Waals surface area contributed by atoms with Gasteiger partial charge in [0.1, 0.15) is 5.54 Å². The zero-order valence-corrected chi connectivity index (χ0v) is 11.3. The number of carbonyl (C=O) groups is 1. The molecule has 2 heterocycles. The van der Waals surface area contributed by atoms with E-state index in [1.165, 1.54) is 38.5 Å². The van der Waals surface area contributed by atoms with Crippen LogP contribution < -0.4 is 11.1 Å². The second kappa shape index (κ2) is 4.49. The normalized spacial score (nSPS) is 41.4. The summed E-state index contributed by atoms with van der Waals surface area (Å²) in [6.45, 7) is 0. The molecule has 1 aliphatic carbocycles. The van der Waals surface area contributed by atoms with Crippen molar-refractivity contribution in [2.75, 3.05) is 7.05 Å². The van der Waals surface area contributed by atoms with Crippen molar-refractivity contribution in [2.45, 2.75) is 75.0 Å². The first-order valence-electron chi connectivity index (χ1n) is 7.40. The first-order chi connectivity index (χ1) is 8.61. The maximum Gasteiger partial charge on any atom is 0.237 e. The number of hydrogen-bond acceptors (Lipinski definition) is 3. The van der Waals surface area contributed by atoms with Crippen LogP contribution in [0.1, 0.15) is 51.4 Å². The highest BCUT2D eigenvalue weighted by molar-refractivity contribution is 5.85. The Balaban J connectivity index is 1.77. The van der Waals surface area contributed by atoms with Crippen LogP contribution in [-0.4, -0.2) is 41.5 Å². The minimum Gasteiger partial charge on any atom is -0.368 e. The third-order valence-corrected chi connectivity index (χ3v) is 5.46. The maximum absolute atomic E-state index is 12.0. The van der Waals surface area contributed by atoms with Crippen LogP contribution >= 0.6 is 0 Å². The molecule has 4 nitrogen and oxygen atoms in total. The molecular weight excluding hydrogens is 226 g/mol. The Morgan fingerprint density at radius 3 is 2.22 bits per heavy atom. The van der Waals surface area contributed by atoms with Crippen LogP contribution in [0.5, 0.6) is 0 Å². The molecule has 1 amide bonds. The second-order valence-electron chi connectivity index (χ2n) is 6.53. The van der Waals surface area contributed by atoms with Crippen LogP contribution in [0.25, 0.3) is 0 Å². The minimum absolute atomic E-state index is 0.126. The summed E-state index contributed by atoms with van der Waals surface area (Å²) in [5, 5.41) is 3.65. The molecule has 2 unspecified atom stereocenters. The van der Waals surface area contributed by atoms with Crippen LogP contribution in [0.4, 0.5) is 0 Å². The molecule has 3 fully saturated rings. The summed E-state index contributed by atoms with van der Waals surface area (Å²) >= 11 is 0. The molecule has 0 spiro atoms. The van der Waals surface area contributed by atoms with Crippen molar-refractivity contribution >= 4 is 5.91 Å². The van der Waals surface area contributed by atoms with Crippen molar-refractivity contribution in [1.29, 1.82) is 0 Å². The van der Waals surface area contributed by atoms with E-state index in [4.69, 9.17) is 5.73 Å². The molecule has 0 aromatic rings. The molecule has 3 N–H and O–H groups in total. The van der Waals surface area contributed by atoms with Gasteiger partial charge < -0.3 is 16.0 Å². The molecule has 2 atom stereocenters. The van der Waals surface area contributed by atoms with Crippen LogP contribution in [0.15, 0.2) is 0 Å². The fraction of sp³-hybridized carbons (Fsp3) is 0.929. The third-order valence-electron chi connectivity index (χ3n) is 5.46. The van der Waals surface area contributed by atoms with Crippen LogP contribution in [0, 0.1) is 0 Å². The first-order valence-corrected chi connectivity index (χ1v) is 7.40. The number of nitrogens with zero attached hydrogens (tertiary/aromatic N) is 1.